The molecule has 0 saturated carbocycles. The van der Waals surface area contributed by atoms with Crippen molar-refractivity contribution >= 4 is 33.4 Å². The van der Waals surface area contributed by atoms with E-state index in [0.29, 0.717) is 5.56 Å². The molecule has 1 aromatic heterocycles. The molecule has 1 atom stereocenters. The maximum atomic E-state index is 12.8. The Morgan fingerprint density at radius 1 is 1.43 bits per heavy atom. The molecule has 9 nitrogen and oxygen atoms in total. The highest BCUT2D eigenvalue weighted by atomic mass is 35.5. The molecule has 0 unspecified atom stereocenters. The van der Waals surface area contributed by atoms with Crippen LogP contribution in [-0.4, -0.2) is 49.3 Å². The average molecular weight is 428 g/mol. The topological polar surface area (TPSA) is 118 Å². The molecular weight excluding hydrogens is 410 g/mol. The Bertz CT molecular complexity index is 1010. The van der Waals surface area contributed by atoms with Gasteiger partial charge in [-0.3, -0.25) is 9.62 Å². The highest BCUT2D eigenvalue weighted by Crippen LogP contribution is 2.30. The van der Waals surface area contributed by atoms with Crippen LogP contribution in [0.2, 0.25) is 5.02 Å². The van der Waals surface area contributed by atoms with Gasteiger partial charge in [-0.15, -0.1) is 0 Å². The number of nitrogens with one attached hydrogen (secondary N) is 1. The number of nitrogens with zero attached hydrogens (tertiary/aromatic N) is 2. The van der Waals surface area contributed by atoms with E-state index in [2.05, 4.69) is 9.71 Å². The summed E-state index contributed by atoms with van der Waals surface area (Å²) >= 11 is 5.92. The SMILES string of the molecule is COc1ccc(Cl)cc1S(=O)(=O)Nc1cnc2c(c1)CN(C(=O)O)[C@H](C)CO2. The Labute approximate surface area is 166 Å². The van der Waals surface area contributed by atoms with Gasteiger partial charge in [0.1, 0.15) is 17.3 Å². The number of carbonyl (C=O) groups is 1. The van der Waals surface area contributed by atoms with Gasteiger partial charge in [0.25, 0.3) is 10.0 Å². The van der Waals surface area contributed by atoms with Gasteiger partial charge in [-0.2, -0.15) is 0 Å². The molecule has 1 aliphatic heterocycles. The summed E-state index contributed by atoms with van der Waals surface area (Å²) in [6.07, 6.45) is 0.202. The molecule has 1 aromatic carbocycles. The van der Waals surface area contributed by atoms with Crippen LogP contribution in [0.25, 0.3) is 0 Å². The second-order valence-corrected chi connectivity index (χ2v) is 8.25. The molecule has 0 saturated heterocycles. The maximum absolute atomic E-state index is 12.8. The van der Waals surface area contributed by atoms with Crippen LogP contribution in [-0.2, 0) is 16.6 Å². The number of ether oxygens (including phenoxy) is 2. The maximum Gasteiger partial charge on any atom is 0.407 e. The lowest BCUT2D eigenvalue weighted by Gasteiger charge is -2.22. The number of rotatable bonds is 4. The van der Waals surface area contributed by atoms with E-state index >= 15 is 0 Å². The number of fused-ring (bicyclic) bond motifs is 1. The Morgan fingerprint density at radius 3 is 2.86 bits per heavy atom. The molecule has 0 spiro atoms. The van der Waals surface area contributed by atoms with Gasteiger partial charge < -0.3 is 14.6 Å². The molecule has 2 N–H and O–H groups in total. The lowest BCUT2D eigenvalue weighted by molar-refractivity contribution is 0.113. The first-order valence-corrected chi connectivity index (χ1v) is 10.0. The molecule has 2 aromatic rings. The first-order valence-electron chi connectivity index (χ1n) is 8.19. The Kier molecular flexibility index (Phi) is 5.52. The number of pyridine rings is 1. The van der Waals surface area contributed by atoms with E-state index in [1.807, 2.05) is 0 Å². The summed E-state index contributed by atoms with van der Waals surface area (Å²) in [6, 6.07) is 5.36. The summed E-state index contributed by atoms with van der Waals surface area (Å²) in [5, 5.41) is 9.60. The summed E-state index contributed by atoms with van der Waals surface area (Å²) in [5.74, 6) is 0.396. The van der Waals surface area contributed by atoms with Crippen LogP contribution in [0.3, 0.4) is 0 Å². The Balaban J connectivity index is 1.93. The number of halogens is 1. The predicted molar refractivity (Wildman–Crippen MR) is 102 cm³/mol. The van der Waals surface area contributed by atoms with Crippen LogP contribution in [0.5, 0.6) is 11.6 Å². The summed E-state index contributed by atoms with van der Waals surface area (Å²) in [7, 11) is -2.67. The summed E-state index contributed by atoms with van der Waals surface area (Å²) in [4.78, 5) is 16.6. The van der Waals surface area contributed by atoms with Crippen molar-refractivity contribution in [1.82, 2.24) is 9.88 Å². The number of hydrogen-bond donors (Lipinski definition) is 2. The molecule has 0 radical (unpaired) electrons. The minimum absolute atomic E-state index is 0.0227. The van der Waals surface area contributed by atoms with Gasteiger partial charge in [-0.05, 0) is 31.2 Å². The average Bonchev–Trinajstić information content (AvgIpc) is 2.80. The third-order valence-electron chi connectivity index (χ3n) is 4.17. The third-order valence-corrected chi connectivity index (χ3v) is 5.81. The number of benzene rings is 1. The fourth-order valence-electron chi connectivity index (χ4n) is 2.75. The molecule has 0 bridgehead atoms. The zero-order chi connectivity index (χ0) is 20.5. The van der Waals surface area contributed by atoms with Crippen LogP contribution in [0.1, 0.15) is 12.5 Å². The zero-order valence-electron chi connectivity index (χ0n) is 15.0. The molecule has 0 fully saturated rings. The van der Waals surface area contributed by atoms with E-state index in [-0.39, 0.29) is 46.4 Å². The lowest BCUT2D eigenvalue weighted by Crippen LogP contribution is -2.38. The lowest BCUT2D eigenvalue weighted by atomic mass is 10.2. The number of methoxy groups -OCH3 is 1. The van der Waals surface area contributed by atoms with E-state index in [1.54, 1.807) is 6.92 Å². The van der Waals surface area contributed by atoms with Crippen molar-refractivity contribution in [2.75, 3.05) is 18.4 Å². The highest BCUT2D eigenvalue weighted by Gasteiger charge is 2.27. The molecule has 1 aliphatic rings. The van der Waals surface area contributed by atoms with Crippen molar-refractivity contribution in [3.05, 3.63) is 41.0 Å². The van der Waals surface area contributed by atoms with Gasteiger partial charge in [0, 0.05) is 10.6 Å². The summed E-state index contributed by atoms with van der Waals surface area (Å²) in [5.41, 5.74) is 0.606. The fourth-order valence-corrected chi connectivity index (χ4v) is 4.22. The number of aromatic nitrogens is 1. The Hall–Kier alpha value is -2.72. The van der Waals surface area contributed by atoms with Crippen molar-refractivity contribution < 1.29 is 27.8 Å². The number of carboxylic acid groups (broad SMARTS) is 1. The van der Waals surface area contributed by atoms with Gasteiger partial charge in [0.2, 0.25) is 5.88 Å². The number of hydrogen-bond acceptors (Lipinski definition) is 6. The summed E-state index contributed by atoms with van der Waals surface area (Å²) < 4.78 is 38.6. The molecule has 0 aliphatic carbocycles. The van der Waals surface area contributed by atoms with E-state index in [9.17, 15) is 18.3 Å². The van der Waals surface area contributed by atoms with Gasteiger partial charge in [0.15, 0.2) is 0 Å². The standard InChI is InChI=1S/C17H18ClN3O6S/c1-10-9-27-16-11(8-21(10)17(22)23)5-13(7-19-16)20-28(24,25)15-6-12(18)3-4-14(15)26-2/h3-7,10,20H,8-9H2,1-2H3,(H,22,23)/t10-/m1/s1. The molecular formula is C17H18ClN3O6S. The molecule has 2 heterocycles. The third kappa shape index (κ3) is 4.07. The van der Waals surface area contributed by atoms with Crippen molar-refractivity contribution in [2.24, 2.45) is 0 Å². The van der Waals surface area contributed by atoms with Gasteiger partial charge in [0.05, 0.1) is 31.6 Å². The number of sulfonamides is 1. The molecule has 3 rings (SSSR count). The van der Waals surface area contributed by atoms with Gasteiger partial charge >= 0.3 is 6.09 Å². The minimum atomic E-state index is -4.03. The van der Waals surface area contributed by atoms with Gasteiger partial charge in [-0.25, -0.2) is 18.2 Å². The zero-order valence-corrected chi connectivity index (χ0v) is 16.6. The Morgan fingerprint density at radius 2 is 2.18 bits per heavy atom. The van der Waals surface area contributed by atoms with Crippen LogP contribution in [0.4, 0.5) is 10.5 Å². The molecule has 28 heavy (non-hydrogen) atoms. The second-order valence-electron chi connectivity index (χ2n) is 6.16. The smallest absolute Gasteiger partial charge is 0.407 e. The minimum Gasteiger partial charge on any atom is -0.495 e. The molecule has 150 valence electrons. The van der Waals surface area contributed by atoms with E-state index < -0.39 is 16.1 Å². The quantitative estimate of drug-likeness (QED) is 0.770. The number of amides is 1. The predicted octanol–water partition coefficient (Wildman–Crippen LogP) is 2.81. The van der Waals surface area contributed by atoms with Crippen LogP contribution in [0.15, 0.2) is 35.4 Å². The van der Waals surface area contributed by atoms with Crippen molar-refractivity contribution in [3.8, 4) is 11.6 Å². The van der Waals surface area contributed by atoms with Gasteiger partial charge in [-0.1, -0.05) is 11.6 Å². The van der Waals surface area contributed by atoms with Crippen LogP contribution in [0, 0.1) is 0 Å². The van der Waals surface area contributed by atoms with Crippen molar-refractivity contribution in [1.29, 1.82) is 0 Å². The first-order chi connectivity index (χ1) is 13.2. The molecule has 11 heteroatoms. The van der Waals surface area contributed by atoms with Crippen LogP contribution >= 0.6 is 11.6 Å². The van der Waals surface area contributed by atoms with Crippen LogP contribution < -0.4 is 14.2 Å². The number of anilines is 1. The monoisotopic (exact) mass is 427 g/mol. The first kappa shape index (κ1) is 20.0. The largest absolute Gasteiger partial charge is 0.495 e. The van der Waals surface area contributed by atoms with E-state index in [0.717, 1.165) is 0 Å². The normalized spacial score (nSPS) is 16.5. The van der Waals surface area contributed by atoms with Crippen molar-refractivity contribution in [3.63, 3.8) is 0 Å². The van der Waals surface area contributed by atoms with E-state index in [4.69, 9.17) is 21.1 Å². The van der Waals surface area contributed by atoms with E-state index in [1.165, 1.54) is 42.5 Å². The molecule has 1 amide bonds. The summed E-state index contributed by atoms with van der Waals surface area (Å²) in [6.45, 7) is 1.89. The van der Waals surface area contributed by atoms with Crippen molar-refractivity contribution in [2.45, 2.75) is 24.4 Å². The highest BCUT2D eigenvalue weighted by molar-refractivity contribution is 7.92. The second kappa shape index (κ2) is 7.72. The fraction of sp³-hybridized carbons (Fsp3) is 0.294.